The molecule has 1 aromatic rings. The molecule has 122 valence electrons. The Bertz CT molecular complexity index is 480. The fourth-order valence-corrected chi connectivity index (χ4v) is 3.57. The van der Waals surface area contributed by atoms with Crippen molar-refractivity contribution in [3.05, 3.63) is 35.6 Å². The topological polar surface area (TPSA) is 23.6 Å². The molecular formula is C17H25FN2OS. The van der Waals surface area contributed by atoms with E-state index in [4.69, 9.17) is 0 Å². The maximum atomic E-state index is 12.9. The van der Waals surface area contributed by atoms with Crippen LogP contribution in [0.5, 0.6) is 0 Å². The molecule has 3 nitrogen and oxygen atoms in total. The summed E-state index contributed by atoms with van der Waals surface area (Å²) in [5.74, 6) is 1.03. The first-order valence-corrected chi connectivity index (χ1v) is 9.02. The highest BCUT2D eigenvalue weighted by molar-refractivity contribution is 8.00. The Morgan fingerprint density at radius 1 is 1.23 bits per heavy atom. The Morgan fingerprint density at radius 2 is 1.95 bits per heavy atom. The van der Waals surface area contributed by atoms with Crippen LogP contribution < -0.4 is 0 Å². The molecule has 0 spiro atoms. The second-order valence-electron chi connectivity index (χ2n) is 5.68. The van der Waals surface area contributed by atoms with Crippen LogP contribution in [0.1, 0.15) is 25.8 Å². The molecule has 1 heterocycles. The molecule has 0 N–H and O–H groups in total. The molecule has 0 bridgehead atoms. The molecule has 1 atom stereocenters. The third-order valence-corrected chi connectivity index (χ3v) is 5.02. The number of amides is 1. The number of hydrogen-bond acceptors (Lipinski definition) is 3. The number of benzene rings is 1. The van der Waals surface area contributed by atoms with E-state index in [1.54, 1.807) is 11.8 Å². The van der Waals surface area contributed by atoms with E-state index in [9.17, 15) is 9.18 Å². The third-order valence-electron chi connectivity index (χ3n) is 3.98. The summed E-state index contributed by atoms with van der Waals surface area (Å²) in [7, 11) is 0. The van der Waals surface area contributed by atoms with Crippen LogP contribution in [0, 0.1) is 5.82 Å². The highest BCUT2D eigenvalue weighted by Gasteiger charge is 2.23. The molecule has 1 aliphatic heterocycles. The predicted molar refractivity (Wildman–Crippen MR) is 90.5 cm³/mol. The zero-order valence-electron chi connectivity index (χ0n) is 13.4. The van der Waals surface area contributed by atoms with E-state index in [-0.39, 0.29) is 17.0 Å². The van der Waals surface area contributed by atoms with Gasteiger partial charge in [-0.2, -0.15) is 0 Å². The molecule has 1 aromatic carbocycles. The zero-order valence-corrected chi connectivity index (χ0v) is 14.2. The van der Waals surface area contributed by atoms with Crippen molar-refractivity contribution in [2.45, 2.75) is 32.1 Å². The molecule has 0 saturated carbocycles. The van der Waals surface area contributed by atoms with E-state index in [1.165, 1.54) is 12.1 Å². The van der Waals surface area contributed by atoms with Gasteiger partial charge in [-0.1, -0.05) is 19.1 Å². The minimum atomic E-state index is -0.196. The van der Waals surface area contributed by atoms with Gasteiger partial charge in [-0.3, -0.25) is 9.69 Å². The summed E-state index contributed by atoms with van der Waals surface area (Å²) in [6.45, 7) is 8.39. The number of rotatable bonds is 5. The Kier molecular flexibility index (Phi) is 6.70. The van der Waals surface area contributed by atoms with Gasteiger partial charge in [-0.25, -0.2) is 4.39 Å². The number of halogens is 1. The molecule has 2 rings (SSSR count). The smallest absolute Gasteiger partial charge is 0.235 e. The van der Waals surface area contributed by atoms with Gasteiger partial charge in [-0.05, 0) is 36.8 Å². The molecule has 22 heavy (non-hydrogen) atoms. The van der Waals surface area contributed by atoms with Gasteiger partial charge in [0, 0.05) is 32.7 Å². The first-order valence-electron chi connectivity index (χ1n) is 7.97. The van der Waals surface area contributed by atoms with Gasteiger partial charge in [0.1, 0.15) is 5.82 Å². The van der Waals surface area contributed by atoms with Crippen LogP contribution >= 0.6 is 11.8 Å². The maximum absolute atomic E-state index is 12.9. The van der Waals surface area contributed by atoms with Crippen molar-refractivity contribution in [3.8, 4) is 0 Å². The lowest BCUT2D eigenvalue weighted by Gasteiger charge is -2.24. The first kappa shape index (κ1) is 17.3. The Morgan fingerprint density at radius 3 is 2.64 bits per heavy atom. The molecule has 1 saturated heterocycles. The largest absolute Gasteiger partial charge is 0.340 e. The molecular weight excluding hydrogens is 299 g/mol. The second-order valence-corrected chi connectivity index (χ2v) is 7.30. The Labute approximate surface area is 136 Å². The van der Waals surface area contributed by atoms with Crippen LogP contribution in [0.3, 0.4) is 0 Å². The first-order chi connectivity index (χ1) is 10.6. The number of carbonyl (C=O) groups excluding carboxylic acids is 1. The fourth-order valence-electron chi connectivity index (χ4n) is 2.78. The number of nitrogens with zero attached hydrogens (tertiary/aromatic N) is 2. The molecule has 1 aliphatic rings. The summed E-state index contributed by atoms with van der Waals surface area (Å²) in [5, 5.41) is 0.0497. The SMILES string of the molecule is CCS[C@H](C)C(=O)N1CCCN(Cc2ccc(F)cc2)CC1. The van der Waals surface area contributed by atoms with E-state index in [1.807, 2.05) is 24.0 Å². The maximum Gasteiger partial charge on any atom is 0.235 e. The van der Waals surface area contributed by atoms with Crippen molar-refractivity contribution in [2.75, 3.05) is 31.9 Å². The quantitative estimate of drug-likeness (QED) is 0.832. The molecule has 0 aliphatic carbocycles. The standard InChI is InChI=1S/C17H25FN2OS/c1-3-22-14(2)17(21)20-10-4-9-19(11-12-20)13-15-5-7-16(18)8-6-15/h5-8,14H,3-4,9-13H2,1-2H3/t14-/m1/s1. The lowest BCUT2D eigenvalue weighted by atomic mass is 10.2. The minimum absolute atomic E-state index is 0.0497. The molecule has 5 heteroatoms. The third kappa shape index (κ3) is 4.99. The van der Waals surface area contributed by atoms with Gasteiger partial charge in [0.05, 0.1) is 5.25 Å². The van der Waals surface area contributed by atoms with Crippen LogP contribution in [-0.2, 0) is 11.3 Å². The van der Waals surface area contributed by atoms with Crippen LogP contribution in [-0.4, -0.2) is 52.9 Å². The van der Waals surface area contributed by atoms with Gasteiger partial charge in [0.25, 0.3) is 0 Å². The summed E-state index contributed by atoms with van der Waals surface area (Å²) >= 11 is 1.70. The number of thioether (sulfide) groups is 1. The molecule has 0 radical (unpaired) electrons. The van der Waals surface area contributed by atoms with Crippen molar-refractivity contribution < 1.29 is 9.18 Å². The highest BCUT2D eigenvalue weighted by Crippen LogP contribution is 2.15. The van der Waals surface area contributed by atoms with Gasteiger partial charge in [0.2, 0.25) is 5.91 Å². The summed E-state index contributed by atoms with van der Waals surface area (Å²) in [6.07, 6.45) is 0.996. The molecule has 1 fully saturated rings. The Balaban J connectivity index is 1.86. The van der Waals surface area contributed by atoms with Crippen molar-refractivity contribution >= 4 is 17.7 Å². The highest BCUT2D eigenvalue weighted by atomic mass is 32.2. The summed E-state index contributed by atoms with van der Waals surface area (Å²) < 4.78 is 12.9. The minimum Gasteiger partial charge on any atom is -0.340 e. The summed E-state index contributed by atoms with van der Waals surface area (Å²) in [6, 6.07) is 6.69. The summed E-state index contributed by atoms with van der Waals surface area (Å²) in [5.41, 5.74) is 1.12. The fraction of sp³-hybridized carbons (Fsp3) is 0.588. The van der Waals surface area contributed by atoms with E-state index in [2.05, 4.69) is 11.8 Å². The van der Waals surface area contributed by atoms with Crippen LogP contribution in [0.15, 0.2) is 24.3 Å². The van der Waals surface area contributed by atoms with Crippen molar-refractivity contribution in [2.24, 2.45) is 0 Å². The second kappa shape index (κ2) is 8.53. The number of carbonyl (C=O) groups is 1. The molecule has 0 unspecified atom stereocenters. The van der Waals surface area contributed by atoms with Crippen LogP contribution in [0.2, 0.25) is 0 Å². The normalized spacial score (nSPS) is 18.0. The monoisotopic (exact) mass is 324 g/mol. The van der Waals surface area contributed by atoms with E-state index in [0.29, 0.717) is 0 Å². The van der Waals surface area contributed by atoms with Gasteiger partial charge < -0.3 is 4.90 Å². The van der Waals surface area contributed by atoms with Crippen molar-refractivity contribution in [3.63, 3.8) is 0 Å². The van der Waals surface area contributed by atoms with E-state index < -0.39 is 0 Å². The van der Waals surface area contributed by atoms with Gasteiger partial charge in [-0.15, -0.1) is 11.8 Å². The zero-order chi connectivity index (χ0) is 15.9. The predicted octanol–water partition coefficient (Wildman–Crippen LogP) is 3.00. The molecule has 1 amide bonds. The van der Waals surface area contributed by atoms with E-state index >= 15 is 0 Å². The van der Waals surface area contributed by atoms with E-state index in [0.717, 1.165) is 50.5 Å². The molecule has 0 aromatic heterocycles. The lowest BCUT2D eigenvalue weighted by molar-refractivity contribution is -0.130. The lowest BCUT2D eigenvalue weighted by Crippen LogP contribution is -2.39. The van der Waals surface area contributed by atoms with Crippen molar-refractivity contribution in [1.29, 1.82) is 0 Å². The van der Waals surface area contributed by atoms with Crippen LogP contribution in [0.4, 0.5) is 4.39 Å². The average molecular weight is 324 g/mol. The van der Waals surface area contributed by atoms with Gasteiger partial charge >= 0.3 is 0 Å². The number of hydrogen-bond donors (Lipinski definition) is 0. The van der Waals surface area contributed by atoms with Crippen molar-refractivity contribution in [1.82, 2.24) is 9.80 Å². The Hall–Kier alpha value is -1.07. The summed E-state index contributed by atoms with van der Waals surface area (Å²) in [4.78, 5) is 16.7. The van der Waals surface area contributed by atoms with Crippen LogP contribution in [0.25, 0.3) is 0 Å². The average Bonchev–Trinajstić information content (AvgIpc) is 2.75. The van der Waals surface area contributed by atoms with Gasteiger partial charge in [0.15, 0.2) is 0 Å².